The first-order chi connectivity index (χ1) is 8.97. The van der Waals surface area contributed by atoms with Crippen molar-refractivity contribution in [3.8, 4) is 0 Å². The smallest absolute Gasteiger partial charge is 0.342 e. The van der Waals surface area contributed by atoms with Gasteiger partial charge in [0.25, 0.3) is 5.69 Å². The van der Waals surface area contributed by atoms with Gasteiger partial charge >= 0.3 is 5.97 Å². The summed E-state index contributed by atoms with van der Waals surface area (Å²) >= 11 is 0. The Hall–Kier alpha value is -2.44. The van der Waals surface area contributed by atoms with E-state index in [0.29, 0.717) is 19.0 Å². The second-order valence-electron chi connectivity index (χ2n) is 3.77. The molecule has 1 aromatic rings. The van der Waals surface area contributed by atoms with Gasteiger partial charge in [0.15, 0.2) is 5.82 Å². The number of rotatable bonds is 7. The third-order valence-electron chi connectivity index (χ3n) is 2.41. The minimum absolute atomic E-state index is 0.0629. The van der Waals surface area contributed by atoms with Crippen LogP contribution in [0.25, 0.3) is 0 Å². The molecule has 0 aromatic heterocycles. The lowest BCUT2D eigenvalue weighted by molar-refractivity contribution is -0.385. The van der Waals surface area contributed by atoms with E-state index in [0.717, 1.165) is 12.5 Å². The fraction of sp³-hybridized carbons (Fsp3) is 0.250. The molecule has 0 aliphatic heterocycles. The summed E-state index contributed by atoms with van der Waals surface area (Å²) in [6, 6.07) is 1.54. The molecular weight excluding hydrogens is 255 g/mol. The third kappa shape index (κ3) is 3.77. The van der Waals surface area contributed by atoms with E-state index in [1.54, 1.807) is 6.08 Å². The molecule has 0 spiro atoms. The quantitative estimate of drug-likeness (QED) is 0.343. The number of hydrogen-bond donors (Lipinski definition) is 2. The van der Waals surface area contributed by atoms with E-state index in [4.69, 9.17) is 5.11 Å². The minimum Gasteiger partial charge on any atom is -0.477 e. The number of allylic oxidation sites excluding steroid dienone is 1. The first-order valence-corrected chi connectivity index (χ1v) is 5.53. The van der Waals surface area contributed by atoms with Crippen molar-refractivity contribution in [3.63, 3.8) is 0 Å². The number of nitro benzene ring substituents is 1. The molecule has 0 radical (unpaired) electrons. The highest BCUT2D eigenvalue weighted by atomic mass is 19.1. The number of unbranched alkanes of at least 4 members (excludes halogenated alkanes) is 1. The number of carboxylic acids is 1. The second-order valence-corrected chi connectivity index (χ2v) is 3.77. The van der Waals surface area contributed by atoms with Crippen molar-refractivity contribution in [3.05, 3.63) is 46.3 Å². The van der Waals surface area contributed by atoms with Crippen LogP contribution in [0.5, 0.6) is 0 Å². The number of anilines is 1. The van der Waals surface area contributed by atoms with Gasteiger partial charge in [-0.1, -0.05) is 6.08 Å². The van der Waals surface area contributed by atoms with E-state index >= 15 is 0 Å². The number of nitrogens with one attached hydrogen (secondary N) is 1. The molecule has 7 heteroatoms. The van der Waals surface area contributed by atoms with E-state index in [1.807, 2.05) is 0 Å². The van der Waals surface area contributed by atoms with Crippen LogP contribution < -0.4 is 5.32 Å². The monoisotopic (exact) mass is 268 g/mol. The van der Waals surface area contributed by atoms with E-state index in [1.165, 1.54) is 0 Å². The van der Waals surface area contributed by atoms with Gasteiger partial charge in [-0.2, -0.15) is 0 Å². The zero-order valence-electron chi connectivity index (χ0n) is 10.1. The lowest BCUT2D eigenvalue weighted by Crippen LogP contribution is -2.08. The van der Waals surface area contributed by atoms with Crippen molar-refractivity contribution in [2.24, 2.45) is 0 Å². The summed E-state index contributed by atoms with van der Waals surface area (Å²) in [6.07, 6.45) is 3.13. The Morgan fingerprint density at radius 1 is 1.58 bits per heavy atom. The number of benzene rings is 1. The number of halogens is 1. The Morgan fingerprint density at radius 2 is 2.26 bits per heavy atom. The van der Waals surface area contributed by atoms with Crippen LogP contribution in [0.15, 0.2) is 24.8 Å². The maximum atomic E-state index is 13.6. The van der Waals surface area contributed by atoms with Crippen LogP contribution in [-0.4, -0.2) is 22.5 Å². The normalized spacial score (nSPS) is 9.95. The first-order valence-electron chi connectivity index (χ1n) is 5.53. The average Bonchev–Trinajstić information content (AvgIpc) is 2.35. The van der Waals surface area contributed by atoms with Crippen molar-refractivity contribution in [1.29, 1.82) is 0 Å². The van der Waals surface area contributed by atoms with Crippen molar-refractivity contribution in [2.45, 2.75) is 12.8 Å². The summed E-state index contributed by atoms with van der Waals surface area (Å²) < 4.78 is 13.6. The molecule has 6 nitrogen and oxygen atoms in total. The van der Waals surface area contributed by atoms with Gasteiger partial charge in [0, 0.05) is 6.54 Å². The molecule has 0 heterocycles. The Kier molecular flexibility index (Phi) is 4.99. The van der Waals surface area contributed by atoms with Gasteiger partial charge in [-0.05, 0) is 18.9 Å². The molecule has 0 atom stereocenters. The molecule has 0 saturated heterocycles. The zero-order valence-corrected chi connectivity index (χ0v) is 10.1. The van der Waals surface area contributed by atoms with Crippen molar-refractivity contribution < 1.29 is 19.2 Å². The Morgan fingerprint density at radius 3 is 2.79 bits per heavy atom. The van der Waals surface area contributed by atoms with Crippen LogP contribution in [0, 0.1) is 15.9 Å². The predicted molar refractivity (Wildman–Crippen MR) is 67.9 cm³/mol. The number of hydrogen-bond acceptors (Lipinski definition) is 4. The van der Waals surface area contributed by atoms with Gasteiger partial charge < -0.3 is 10.4 Å². The van der Waals surface area contributed by atoms with Gasteiger partial charge in [-0.3, -0.25) is 10.1 Å². The molecule has 0 aliphatic carbocycles. The highest BCUT2D eigenvalue weighted by Crippen LogP contribution is 2.26. The lowest BCUT2D eigenvalue weighted by Gasteiger charge is -2.08. The molecule has 0 bridgehead atoms. The number of nitro groups is 1. The number of aromatic carboxylic acids is 1. The van der Waals surface area contributed by atoms with Gasteiger partial charge in [-0.15, -0.1) is 6.58 Å². The summed E-state index contributed by atoms with van der Waals surface area (Å²) in [4.78, 5) is 20.6. The minimum atomic E-state index is -1.47. The lowest BCUT2D eigenvalue weighted by atomic mass is 10.1. The first kappa shape index (κ1) is 14.6. The Balaban J connectivity index is 3.00. The average molecular weight is 268 g/mol. The fourth-order valence-corrected chi connectivity index (χ4v) is 1.49. The second kappa shape index (κ2) is 6.48. The number of nitrogens with zero attached hydrogens (tertiary/aromatic N) is 1. The van der Waals surface area contributed by atoms with Crippen LogP contribution in [0.4, 0.5) is 15.8 Å². The highest BCUT2D eigenvalue weighted by molar-refractivity contribution is 5.93. The maximum Gasteiger partial charge on any atom is 0.342 e. The van der Waals surface area contributed by atoms with E-state index < -0.39 is 28.0 Å². The Bertz CT molecular complexity index is 517. The molecule has 0 saturated carbocycles. The van der Waals surface area contributed by atoms with Crippen LogP contribution in [0.1, 0.15) is 23.2 Å². The summed E-state index contributed by atoms with van der Waals surface area (Å²) in [7, 11) is 0. The van der Waals surface area contributed by atoms with E-state index in [-0.39, 0.29) is 5.69 Å². The van der Waals surface area contributed by atoms with Crippen molar-refractivity contribution >= 4 is 17.3 Å². The standard InChI is InChI=1S/C12H13FN2O4/c1-2-3-4-5-14-10-6-8(12(16)17)11(15(18)19)7-9(10)13/h2,6-7,14H,1,3-5H2,(H,16,17). The SMILES string of the molecule is C=CCCCNc1cc(C(=O)O)c([N+](=O)[O-])cc1F. The molecule has 0 fully saturated rings. The summed E-state index contributed by atoms with van der Waals surface area (Å²) in [5, 5.41) is 22.2. The summed E-state index contributed by atoms with van der Waals surface area (Å²) in [5.74, 6) is -2.32. The van der Waals surface area contributed by atoms with E-state index in [2.05, 4.69) is 11.9 Å². The van der Waals surface area contributed by atoms with Crippen LogP contribution in [0.3, 0.4) is 0 Å². The fourth-order valence-electron chi connectivity index (χ4n) is 1.49. The van der Waals surface area contributed by atoms with E-state index in [9.17, 15) is 19.3 Å². The largest absolute Gasteiger partial charge is 0.477 e. The van der Waals surface area contributed by atoms with Gasteiger partial charge in [0.1, 0.15) is 5.56 Å². The van der Waals surface area contributed by atoms with Crippen LogP contribution >= 0.6 is 0 Å². The molecule has 1 aromatic carbocycles. The number of carbonyl (C=O) groups is 1. The van der Waals surface area contributed by atoms with Gasteiger partial charge in [0.05, 0.1) is 16.7 Å². The molecule has 2 N–H and O–H groups in total. The molecule has 0 unspecified atom stereocenters. The highest BCUT2D eigenvalue weighted by Gasteiger charge is 2.23. The molecular formula is C12H13FN2O4. The molecule has 102 valence electrons. The predicted octanol–water partition coefficient (Wildman–Crippen LogP) is 2.81. The van der Waals surface area contributed by atoms with Crippen LogP contribution in [-0.2, 0) is 0 Å². The summed E-state index contributed by atoms with van der Waals surface area (Å²) in [6.45, 7) is 3.95. The Labute approximate surface area is 108 Å². The molecule has 0 amide bonds. The number of carboxylic acid groups (broad SMARTS) is 1. The maximum absolute atomic E-state index is 13.6. The van der Waals surface area contributed by atoms with Crippen LogP contribution in [0.2, 0.25) is 0 Å². The molecule has 0 aliphatic rings. The molecule has 1 rings (SSSR count). The summed E-state index contributed by atoms with van der Waals surface area (Å²) in [5.41, 5.74) is -1.37. The third-order valence-corrected chi connectivity index (χ3v) is 2.41. The molecule has 19 heavy (non-hydrogen) atoms. The van der Waals surface area contributed by atoms with Crippen molar-refractivity contribution in [1.82, 2.24) is 0 Å². The van der Waals surface area contributed by atoms with Gasteiger partial charge in [0.2, 0.25) is 0 Å². The topological polar surface area (TPSA) is 92.5 Å². The van der Waals surface area contributed by atoms with Gasteiger partial charge in [-0.25, -0.2) is 9.18 Å². The van der Waals surface area contributed by atoms with Crippen molar-refractivity contribution in [2.75, 3.05) is 11.9 Å². The zero-order chi connectivity index (χ0) is 14.4.